The summed E-state index contributed by atoms with van der Waals surface area (Å²) in [6.45, 7) is 8.54. The number of fused-ring (bicyclic) bond motifs is 3. The first kappa shape index (κ1) is 27.1. The van der Waals surface area contributed by atoms with Crippen molar-refractivity contribution in [2.45, 2.75) is 27.7 Å². The summed E-state index contributed by atoms with van der Waals surface area (Å²) in [6, 6.07) is 17.8. The van der Waals surface area contributed by atoms with Crippen molar-refractivity contribution < 1.29 is 0 Å². The molecule has 0 nitrogen and oxygen atoms in total. The Bertz CT molecular complexity index is 1560. The molecule has 5 aromatic rings. The summed E-state index contributed by atoms with van der Waals surface area (Å²) < 4.78 is 6.34. The van der Waals surface area contributed by atoms with Gasteiger partial charge in [-0.25, -0.2) is 0 Å². The lowest BCUT2D eigenvalue weighted by molar-refractivity contribution is 1.41. The third kappa shape index (κ3) is 4.62. The highest BCUT2D eigenvalue weighted by Crippen LogP contribution is 2.54. The van der Waals surface area contributed by atoms with E-state index in [4.69, 9.17) is 0 Å². The highest BCUT2D eigenvalue weighted by atomic mass is 79.9. The van der Waals surface area contributed by atoms with Gasteiger partial charge in [-0.05, 0) is 97.1 Å². The molecule has 0 fully saturated rings. The number of aryl methyl sites for hydroxylation is 4. The Morgan fingerprint density at radius 1 is 0.333 bits per heavy atom. The normalized spacial score (nSPS) is 11.6. The van der Waals surface area contributed by atoms with E-state index >= 15 is 0 Å². The average Bonchev–Trinajstić information content (AvgIpc) is 2.73. The van der Waals surface area contributed by atoms with Crippen molar-refractivity contribution in [3.05, 3.63) is 97.6 Å². The first-order valence-corrected chi connectivity index (χ1v) is 16.0. The quantitative estimate of drug-likeness (QED) is 0.155. The van der Waals surface area contributed by atoms with Crippen molar-refractivity contribution in [1.82, 2.24) is 0 Å². The second-order valence-electron chi connectivity index (χ2n) is 9.30. The van der Waals surface area contributed by atoms with Gasteiger partial charge in [-0.1, -0.05) is 108 Å². The van der Waals surface area contributed by atoms with E-state index in [9.17, 15) is 0 Å². The molecule has 6 heteroatoms. The van der Waals surface area contributed by atoms with Gasteiger partial charge in [-0.3, -0.25) is 0 Å². The number of hydrogen-bond acceptors (Lipinski definition) is 0. The van der Waals surface area contributed by atoms with Gasteiger partial charge in [0.2, 0.25) is 0 Å². The van der Waals surface area contributed by atoms with Crippen LogP contribution in [0.5, 0.6) is 0 Å². The van der Waals surface area contributed by atoms with E-state index in [0.29, 0.717) is 0 Å². The highest BCUT2D eigenvalue weighted by Gasteiger charge is 2.26. The summed E-state index contributed by atoms with van der Waals surface area (Å²) in [5.74, 6) is 0. The van der Waals surface area contributed by atoms with Crippen LogP contribution in [-0.2, 0) is 0 Å². The minimum absolute atomic E-state index is 1.05. The topological polar surface area (TPSA) is 0 Å². The Hall–Kier alpha value is -0.500. The van der Waals surface area contributed by atoms with Gasteiger partial charge in [-0.2, -0.15) is 0 Å². The average molecular weight is 860 g/mol. The van der Waals surface area contributed by atoms with Crippen LogP contribution < -0.4 is 0 Å². The lowest BCUT2D eigenvalue weighted by atomic mass is 9.84. The number of rotatable bonds is 2. The molecule has 0 bridgehead atoms. The molecular weight excluding hydrogens is 840 g/mol. The van der Waals surface area contributed by atoms with Crippen LogP contribution in [0.25, 0.3) is 43.8 Å². The Labute approximate surface area is 262 Å². The highest BCUT2D eigenvalue weighted by molar-refractivity contribution is 9.11. The maximum Gasteiger partial charge on any atom is 0.0268 e. The molecule has 0 atom stereocenters. The molecule has 0 aliphatic carbocycles. The van der Waals surface area contributed by atoms with Crippen molar-refractivity contribution in [2.24, 2.45) is 0 Å². The van der Waals surface area contributed by atoms with Gasteiger partial charge in [-0.15, -0.1) is 0 Å². The molecule has 0 N–H and O–H groups in total. The molecule has 0 amide bonds. The lowest BCUT2D eigenvalue weighted by Crippen LogP contribution is -1.98. The first-order valence-electron chi connectivity index (χ1n) is 11.3. The third-order valence-corrected chi connectivity index (χ3v) is 10.1. The maximum atomic E-state index is 3.97. The largest absolute Gasteiger partial charge is 0.0507 e. The summed E-state index contributed by atoms with van der Waals surface area (Å²) in [4.78, 5) is 0. The molecule has 182 valence electrons. The zero-order valence-electron chi connectivity index (χ0n) is 19.9. The van der Waals surface area contributed by atoms with Crippen molar-refractivity contribution in [3.63, 3.8) is 0 Å². The van der Waals surface area contributed by atoms with E-state index in [-0.39, 0.29) is 0 Å². The van der Waals surface area contributed by atoms with Crippen molar-refractivity contribution in [2.75, 3.05) is 0 Å². The minimum Gasteiger partial charge on any atom is -0.0507 e. The molecule has 5 rings (SSSR count). The summed E-state index contributed by atoms with van der Waals surface area (Å²) >= 11 is 23.7. The van der Waals surface area contributed by atoms with Gasteiger partial charge >= 0.3 is 0 Å². The minimum atomic E-state index is 1.05. The lowest BCUT2D eigenvalue weighted by Gasteiger charge is -2.24. The van der Waals surface area contributed by atoms with Gasteiger partial charge in [0, 0.05) is 59.9 Å². The van der Waals surface area contributed by atoms with Crippen LogP contribution in [0.1, 0.15) is 22.3 Å². The monoisotopic (exact) mass is 854 g/mol. The fraction of sp³-hybridized carbons (Fsp3) is 0.133. The van der Waals surface area contributed by atoms with Gasteiger partial charge in [0.15, 0.2) is 0 Å². The van der Waals surface area contributed by atoms with Gasteiger partial charge in [0.1, 0.15) is 0 Å². The molecule has 0 aliphatic rings. The molecule has 0 saturated heterocycles. The van der Waals surface area contributed by atoms with Crippen LogP contribution in [0.3, 0.4) is 0 Å². The van der Waals surface area contributed by atoms with Crippen LogP contribution in [-0.4, -0.2) is 0 Å². The standard InChI is InChI=1S/C30H20Br6/c1-13-5-17-18-6-14(2)8-20(32)26(18)30(28-23(35)11-16(4)12-24(28)36)29(25(17)19(31)7-13)27-21(33)9-15(3)10-22(27)34/h5-12H,1-4H3. The molecule has 0 heterocycles. The SMILES string of the molecule is Cc1cc(Br)c(-c2c(-c3c(Br)cc(C)cc3Br)c3c(Br)cc(C)cc3c3cc(C)cc(Br)c23)c(Br)c1. The number of halogens is 6. The Kier molecular flexibility index (Phi) is 7.70. The molecule has 0 unspecified atom stereocenters. The molecule has 0 aromatic heterocycles. The molecule has 5 aromatic carbocycles. The van der Waals surface area contributed by atoms with E-state index in [1.807, 2.05) is 0 Å². The molecule has 0 aliphatic heterocycles. The van der Waals surface area contributed by atoms with Gasteiger partial charge in [0.05, 0.1) is 0 Å². The summed E-state index contributed by atoms with van der Waals surface area (Å²) in [5, 5.41) is 4.81. The zero-order chi connectivity index (χ0) is 26.0. The van der Waals surface area contributed by atoms with Crippen LogP contribution >= 0.6 is 95.6 Å². The fourth-order valence-electron chi connectivity index (χ4n) is 5.04. The maximum absolute atomic E-state index is 3.97. The smallest absolute Gasteiger partial charge is 0.0268 e. The van der Waals surface area contributed by atoms with E-state index < -0.39 is 0 Å². The number of benzene rings is 5. The Balaban J connectivity index is 2.20. The van der Waals surface area contributed by atoms with Crippen LogP contribution in [0.2, 0.25) is 0 Å². The van der Waals surface area contributed by atoms with Crippen LogP contribution in [0.4, 0.5) is 0 Å². The molecular formula is C30H20Br6. The predicted octanol–water partition coefficient (Wildman–Crippen LogP) is 13.1. The number of hydrogen-bond donors (Lipinski definition) is 0. The van der Waals surface area contributed by atoms with Crippen molar-refractivity contribution >= 4 is 117 Å². The molecule has 0 saturated carbocycles. The van der Waals surface area contributed by atoms with E-state index in [1.54, 1.807) is 0 Å². The van der Waals surface area contributed by atoms with Crippen molar-refractivity contribution in [3.8, 4) is 22.3 Å². The molecule has 0 spiro atoms. The van der Waals surface area contributed by atoms with Crippen LogP contribution in [0, 0.1) is 27.7 Å². The van der Waals surface area contributed by atoms with E-state index in [1.165, 1.54) is 43.8 Å². The Morgan fingerprint density at radius 2 is 0.583 bits per heavy atom. The third-order valence-electron chi connectivity index (χ3n) is 6.38. The molecule has 36 heavy (non-hydrogen) atoms. The predicted molar refractivity (Wildman–Crippen MR) is 177 cm³/mol. The van der Waals surface area contributed by atoms with Gasteiger partial charge in [0.25, 0.3) is 0 Å². The van der Waals surface area contributed by atoms with Crippen LogP contribution in [0.15, 0.2) is 75.4 Å². The summed E-state index contributed by atoms with van der Waals surface area (Å²) in [7, 11) is 0. The second-order valence-corrected chi connectivity index (χ2v) is 14.4. The first-order chi connectivity index (χ1) is 17.0. The zero-order valence-corrected chi connectivity index (χ0v) is 29.4. The fourth-order valence-corrected chi connectivity index (χ4v) is 10.2. The van der Waals surface area contributed by atoms with E-state index in [0.717, 1.165) is 49.1 Å². The molecule has 0 radical (unpaired) electrons. The summed E-state index contributed by atoms with van der Waals surface area (Å²) in [6.07, 6.45) is 0. The van der Waals surface area contributed by atoms with Gasteiger partial charge < -0.3 is 0 Å². The Morgan fingerprint density at radius 3 is 0.889 bits per heavy atom. The van der Waals surface area contributed by atoms with E-state index in [2.05, 4.69) is 172 Å². The second kappa shape index (κ2) is 10.2. The van der Waals surface area contributed by atoms with Crippen molar-refractivity contribution in [1.29, 1.82) is 0 Å². The summed E-state index contributed by atoms with van der Waals surface area (Å²) in [5.41, 5.74) is 9.38.